The van der Waals surface area contributed by atoms with Crippen LogP contribution in [0.1, 0.15) is 39.5 Å². The molecule has 1 fully saturated rings. The van der Waals surface area contributed by atoms with E-state index in [9.17, 15) is 9.90 Å². The van der Waals surface area contributed by atoms with E-state index >= 15 is 0 Å². The molecular weight excluding hydrogens is 192 g/mol. The highest BCUT2D eigenvalue weighted by atomic mass is 16.3. The molecule has 0 bridgehead atoms. The minimum atomic E-state index is -0.608. The Kier molecular flexibility index (Phi) is 3.73. The maximum Gasteiger partial charge on any atom is 0.240 e. The number of nitrogens with two attached hydrogens (primary N) is 1. The number of aliphatic hydroxyl groups excluding tert-OH is 1. The molecule has 4 nitrogen and oxygen atoms in total. The summed E-state index contributed by atoms with van der Waals surface area (Å²) < 4.78 is 0. The summed E-state index contributed by atoms with van der Waals surface area (Å²) >= 11 is 0. The summed E-state index contributed by atoms with van der Waals surface area (Å²) in [6.45, 7) is 4.69. The van der Waals surface area contributed by atoms with Crippen molar-refractivity contribution in [3.63, 3.8) is 0 Å². The van der Waals surface area contributed by atoms with Crippen LogP contribution in [0.25, 0.3) is 0 Å². The molecule has 0 aromatic rings. The number of nitrogens with one attached hydrogen (secondary N) is 1. The summed E-state index contributed by atoms with van der Waals surface area (Å²) in [7, 11) is 0. The lowest BCUT2D eigenvalue weighted by Gasteiger charge is -2.30. The van der Waals surface area contributed by atoms with Gasteiger partial charge in [0.2, 0.25) is 5.91 Å². The van der Waals surface area contributed by atoms with Crippen LogP contribution in [-0.2, 0) is 4.79 Å². The van der Waals surface area contributed by atoms with E-state index < -0.39 is 5.54 Å². The molecule has 1 aliphatic carbocycles. The molecule has 15 heavy (non-hydrogen) atoms. The van der Waals surface area contributed by atoms with E-state index in [1.54, 1.807) is 0 Å². The van der Waals surface area contributed by atoms with E-state index in [4.69, 9.17) is 5.73 Å². The lowest BCUT2D eigenvalue weighted by atomic mass is 9.83. The zero-order valence-electron chi connectivity index (χ0n) is 9.68. The van der Waals surface area contributed by atoms with Gasteiger partial charge in [-0.3, -0.25) is 4.79 Å². The SMILES string of the molecule is CCC(CC)(CO)CNC(=O)C1(N)CC1. The molecule has 4 heteroatoms. The molecule has 0 saturated heterocycles. The van der Waals surface area contributed by atoms with Gasteiger partial charge in [0.05, 0.1) is 12.1 Å². The number of hydrogen-bond donors (Lipinski definition) is 3. The van der Waals surface area contributed by atoms with Crippen LogP contribution in [0.2, 0.25) is 0 Å². The molecule has 0 radical (unpaired) electrons. The molecule has 0 aromatic heterocycles. The predicted molar refractivity (Wildman–Crippen MR) is 59.3 cm³/mol. The van der Waals surface area contributed by atoms with Gasteiger partial charge in [-0.1, -0.05) is 13.8 Å². The molecule has 1 aliphatic rings. The van der Waals surface area contributed by atoms with Crippen molar-refractivity contribution in [1.29, 1.82) is 0 Å². The molecule has 0 atom stereocenters. The van der Waals surface area contributed by atoms with Gasteiger partial charge < -0.3 is 16.2 Å². The van der Waals surface area contributed by atoms with Crippen molar-refractivity contribution in [2.45, 2.75) is 45.1 Å². The molecule has 0 unspecified atom stereocenters. The highest BCUT2D eigenvalue weighted by Crippen LogP contribution is 2.32. The Balaban J connectivity index is 2.43. The first-order valence-corrected chi connectivity index (χ1v) is 5.70. The Labute approximate surface area is 91.2 Å². The monoisotopic (exact) mass is 214 g/mol. The van der Waals surface area contributed by atoms with Crippen LogP contribution in [0.3, 0.4) is 0 Å². The molecule has 1 amide bonds. The second kappa shape index (κ2) is 4.49. The van der Waals surface area contributed by atoms with Gasteiger partial charge in [0, 0.05) is 12.0 Å². The topological polar surface area (TPSA) is 75.3 Å². The third kappa shape index (κ3) is 2.69. The summed E-state index contributed by atoms with van der Waals surface area (Å²) in [5.41, 5.74) is 4.98. The van der Waals surface area contributed by atoms with Crippen LogP contribution in [0.5, 0.6) is 0 Å². The minimum Gasteiger partial charge on any atom is -0.396 e. The van der Waals surface area contributed by atoms with Crippen LogP contribution >= 0.6 is 0 Å². The van der Waals surface area contributed by atoms with Gasteiger partial charge >= 0.3 is 0 Å². The van der Waals surface area contributed by atoms with Gasteiger partial charge in [-0.15, -0.1) is 0 Å². The molecule has 0 spiro atoms. The van der Waals surface area contributed by atoms with Crippen molar-refractivity contribution in [3.8, 4) is 0 Å². The van der Waals surface area contributed by atoms with Crippen molar-refractivity contribution in [1.82, 2.24) is 5.32 Å². The van der Waals surface area contributed by atoms with E-state index in [1.807, 2.05) is 13.8 Å². The molecule has 0 aromatic carbocycles. The second-order valence-electron chi connectivity index (χ2n) is 4.70. The standard InChI is InChI=1S/C11H22N2O2/c1-3-10(4-2,8-14)7-13-9(15)11(12)5-6-11/h14H,3-8,12H2,1-2H3,(H,13,15). The van der Waals surface area contributed by atoms with Gasteiger partial charge in [-0.25, -0.2) is 0 Å². The number of aliphatic hydroxyl groups is 1. The van der Waals surface area contributed by atoms with Gasteiger partial charge in [-0.05, 0) is 25.7 Å². The summed E-state index contributed by atoms with van der Waals surface area (Å²) in [4.78, 5) is 11.6. The van der Waals surface area contributed by atoms with E-state index in [-0.39, 0.29) is 17.9 Å². The zero-order chi connectivity index (χ0) is 11.5. The summed E-state index contributed by atoms with van der Waals surface area (Å²) in [6.07, 6.45) is 3.28. The highest BCUT2D eigenvalue weighted by Gasteiger charge is 2.46. The van der Waals surface area contributed by atoms with Crippen LogP contribution in [-0.4, -0.2) is 29.7 Å². The normalized spacial score (nSPS) is 18.7. The Morgan fingerprint density at radius 3 is 2.33 bits per heavy atom. The van der Waals surface area contributed by atoms with E-state index in [0.717, 1.165) is 25.7 Å². The first-order chi connectivity index (χ1) is 7.02. The molecule has 4 N–H and O–H groups in total. The van der Waals surface area contributed by atoms with Crippen molar-refractivity contribution < 1.29 is 9.90 Å². The average molecular weight is 214 g/mol. The Morgan fingerprint density at radius 1 is 1.47 bits per heavy atom. The summed E-state index contributed by atoms with van der Waals surface area (Å²) in [5, 5.41) is 12.2. The van der Waals surface area contributed by atoms with E-state index in [2.05, 4.69) is 5.32 Å². The maximum absolute atomic E-state index is 11.6. The lowest BCUT2D eigenvalue weighted by Crippen LogP contribution is -2.47. The van der Waals surface area contributed by atoms with Gasteiger partial charge in [0.15, 0.2) is 0 Å². The highest BCUT2D eigenvalue weighted by molar-refractivity contribution is 5.88. The number of carbonyl (C=O) groups is 1. The molecular formula is C11H22N2O2. The van der Waals surface area contributed by atoms with Gasteiger partial charge in [-0.2, -0.15) is 0 Å². The predicted octanol–water partition coefficient (Wildman–Crippen LogP) is 0.393. The van der Waals surface area contributed by atoms with Crippen molar-refractivity contribution in [2.75, 3.05) is 13.2 Å². The quantitative estimate of drug-likeness (QED) is 0.599. The number of amides is 1. The molecule has 0 aliphatic heterocycles. The fourth-order valence-electron chi connectivity index (χ4n) is 1.59. The van der Waals surface area contributed by atoms with Crippen LogP contribution < -0.4 is 11.1 Å². The second-order valence-corrected chi connectivity index (χ2v) is 4.70. The molecule has 0 heterocycles. The molecule has 1 rings (SSSR count). The van der Waals surface area contributed by atoms with Gasteiger partial charge in [0.25, 0.3) is 0 Å². The summed E-state index contributed by atoms with van der Waals surface area (Å²) in [6, 6.07) is 0. The molecule has 88 valence electrons. The van der Waals surface area contributed by atoms with Gasteiger partial charge in [0.1, 0.15) is 0 Å². The lowest BCUT2D eigenvalue weighted by molar-refractivity contribution is -0.124. The third-order valence-electron chi connectivity index (χ3n) is 3.70. The number of carbonyl (C=O) groups excluding carboxylic acids is 1. The maximum atomic E-state index is 11.6. The first-order valence-electron chi connectivity index (χ1n) is 5.70. The average Bonchev–Trinajstić information content (AvgIpc) is 3.00. The Morgan fingerprint density at radius 2 is 2.00 bits per heavy atom. The minimum absolute atomic E-state index is 0.0674. The van der Waals surface area contributed by atoms with E-state index in [0.29, 0.717) is 6.54 Å². The fourth-order valence-corrected chi connectivity index (χ4v) is 1.59. The Bertz CT molecular complexity index is 224. The largest absolute Gasteiger partial charge is 0.396 e. The van der Waals surface area contributed by atoms with Crippen molar-refractivity contribution in [2.24, 2.45) is 11.1 Å². The number of hydrogen-bond acceptors (Lipinski definition) is 3. The smallest absolute Gasteiger partial charge is 0.240 e. The molecule has 1 saturated carbocycles. The van der Waals surface area contributed by atoms with Crippen LogP contribution in [0.15, 0.2) is 0 Å². The van der Waals surface area contributed by atoms with Crippen molar-refractivity contribution in [3.05, 3.63) is 0 Å². The number of rotatable bonds is 6. The summed E-state index contributed by atoms with van der Waals surface area (Å²) in [5.74, 6) is -0.0674. The first kappa shape index (κ1) is 12.5. The van der Waals surface area contributed by atoms with Crippen LogP contribution in [0.4, 0.5) is 0 Å². The zero-order valence-corrected chi connectivity index (χ0v) is 9.68. The third-order valence-corrected chi connectivity index (χ3v) is 3.70. The van der Waals surface area contributed by atoms with Crippen LogP contribution in [0, 0.1) is 5.41 Å². The van der Waals surface area contributed by atoms with Crippen molar-refractivity contribution >= 4 is 5.91 Å². The van der Waals surface area contributed by atoms with E-state index in [1.165, 1.54) is 0 Å². The Hall–Kier alpha value is -0.610. The fraction of sp³-hybridized carbons (Fsp3) is 0.909.